The third-order valence-electron chi connectivity index (χ3n) is 3.40. The van der Waals surface area contributed by atoms with Gasteiger partial charge in [-0.15, -0.1) is 0 Å². The third kappa shape index (κ3) is 4.43. The quantitative estimate of drug-likeness (QED) is 0.853. The summed E-state index contributed by atoms with van der Waals surface area (Å²) in [6.45, 7) is 1.82. The van der Waals surface area contributed by atoms with Crippen molar-refractivity contribution in [2.75, 3.05) is 19.8 Å². The molecule has 122 valence electrons. The van der Waals surface area contributed by atoms with E-state index in [9.17, 15) is 4.79 Å². The van der Waals surface area contributed by atoms with Crippen molar-refractivity contribution in [1.82, 2.24) is 10.6 Å². The molecule has 0 unspecified atom stereocenters. The first kappa shape index (κ1) is 15.8. The Hall–Kier alpha value is -3.13. The van der Waals surface area contributed by atoms with E-state index in [4.69, 9.17) is 9.47 Å². The van der Waals surface area contributed by atoms with E-state index >= 15 is 0 Å². The SMILES string of the molecule is O=C(NCC#Cc1ccccc1)NCc1ccc2c(c1)OCCO2. The van der Waals surface area contributed by atoms with Crippen LogP contribution in [0.25, 0.3) is 0 Å². The summed E-state index contributed by atoms with van der Waals surface area (Å²) in [7, 11) is 0. The summed E-state index contributed by atoms with van der Waals surface area (Å²) in [4.78, 5) is 11.8. The van der Waals surface area contributed by atoms with Crippen molar-refractivity contribution >= 4 is 6.03 Å². The number of hydrogen-bond acceptors (Lipinski definition) is 3. The van der Waals surface area contributed by atoms with Crippen molar-refractivity contribution in [3.05, 3.63) is 59.7 Å². The minimum atomic E-state index is -0.257. The van der Waals surface area contributed by atoms with Gasteiger partial charge in [0.15, 0.2) is 11.5 Å². The summed E-state index contributed by atoms with van der Waals surface area (Å²) in [6, 6.07) is 15.0. The van der Waals surface area contributed by atoms with E-state index in [0.29, 0.717) is 26.3 Å². The van der Waals surface area contributed by atoms with Crippen molar-refractivity contribution < 1.29 is 14.3 Å². The first-order chi connectivity index (χ1) is 11.8. The summed E-state index contributed by atoms with van der Waals surface area (Å²) in [6.07, 6.45) is 0. The van der Waals surface area contributed by atoms with Crippen LogP contribution in [0.3, 0.4) is 0 Å². The number of nitrogens with one attached hydrogen (secondary N) is 2. The molecule has 1 aliphatic rings. The molecule has 5 nitrogen and oxygen atoms in total. The van der Waals surface area contributed by atoms with Gasteiger partial charge in [0.05, 0.1) is 6.54 Å². The van der Waals surface area contributed by atoms with Crippen LogP contribution >= 0.6 is 0 Å². The van der Waals surface area contributed by atoms with Crippen LogP contribution in [0.15, 0.2) is 48.5 Å². The molecule has 0 atom stereocenters. The fourth-order valence-corrected chi connectivity index (χ4v) is 2.23. The number of carbonyl (C=O) groups excluding carboxylic acids is 1. The molecular weight excluding hydrogens is 304 g/mol. The number of benzene rings is 2. The summed E-state index contributed by atoms with van der Waals surface area (Å²) >= 11 is 0. The van der Waals surface area contributed by atoms with Gasteiger partial charge in [0.25, 0.3) is 0 Å². The van der Waals surface area contributed by atoms with Crippen molar-refractivity contribution in [2.45, 2.75) is 6.54 Å². The highest BCUT2D eigenvalue weighted by Crippen LogP contribution is 2.30. The van der Waals surface area contributed by atoms with Crippen molar-refractivity contribution in [2.24, 2.45) is 0 Å². The molecule has 0 fully saturated rings. The van der Waals surface area contributed by atoms with Crippen LogP contribution in [0.5, 0.6) is 11.5 Å². The molecule has 0 radical (unpaired) electrons. The lowest BCUT2D eigenvalue weighted by Gasteiger charge is -2.18. The predicted molar refractivity (Wildman–Crippen MR) is 91.0 cm³/mol. The number of fused-ring (bicyclic) bond motifs is 1. The van der Waals surface area contributed by atoms with E-state index in [-0.39, 0.29) is 6.03 Å². The Labute approximate surface area is 141 Å². The molecule has 2 aromatic carbocycles. The van der Waals surface area contributed by atoms with Gasteiger partial charge in [-0.25, -0.2) is 4.79 Å². The summed E-state index contributed by atoms with van der Waals surface area (Å²) in [5, 5.41) is 5.50. The van der Waals surface area contributed by atoms with E-state index in [1.165, 1.54) is 0 Å². The van der Waals surface area contributed by atoms with Crippen LogP contribution in [0.1, 0.15) is 11.1 Å². The van der Waals surface area contributed by atoms with Gasteiger partial charge < -0.3 is 20.1 Å². The van der Waals surface area contributed by atoms with Crippen LogP contribution in [-0.4, -0.2) is 25.8 Å². The van der Waals surface area contributed by atoms with Gasteiger partial charge in [0, 0.05) is 12.1 Å². The Morgan fingerprint density at radius 2 is 1.79 bits per heavy atom. The van der Waals surface area contributed by atoms with Crippen molar-refractivity contribution in [3.8, 4) is 23.3 Å². The number of carbonyl (C=O) groups is 1. The Balaban J connectivity index is 1.43. The molecule has 0 saturated heterocycles. The van der Waals surface area contributed by atoms with Crippen LogP contribution in [-0.2, 0) is 6.54 Å². The van der Waals surface area contributed by atoms with Gasteiger partial charge in [-0.2, -0.15) is 0 Å². The second-order valence-electron chi connectivity index (χ2n) is 5.18. The lowest BCUT2D eigenvalue weighted by atomic mass is 10.2. The molecule has 0 spiro atoms. The van der Waals surface area contributed by atoms with E-state index < -0.39 is 0 Å². The Morgan fingerprint density at radius 1 is 1.00 bits per heavy atom. The second-order valence-corrected chi connectivity index (χ2v) is 5.18. The Kier molecular flexibility index (Phi) is 5.21. The van der Waals surface area contributed by atoms with Crippen LogP contribution < -0.4 is 20.1 Å². The van der Waals surface area contributed by atoms with E-state index in [2.05, 4.69) is 22.5 Å². The van der Waals surface area contributed by atoms with E-state index in [0.717, 1.165) is 22.6 Å². The minimum absolute atomic E-state index is 0.257. The maximum atomic E-state index is 11.8. The van der Waals surface area contributed by atoms with Gasteiger partial charge in [0.1, 0.15) is 13.2 Å². The highest BCUT2D eigenvalue weighted by Gasteiger charge is 2.11. The van der Waals surface area contributed by atoms with Crippen LogP contribution in [0.4, 0.5) is 4.79 Å². The lowest BCUT2D eigenvalue weighted by Crippen LogP contribution is -2.35. The van der Waals surface area contributed by atoms with Gasteiger partial charge in [-0.3, -0.25) is 0 Å². The Bertz CT molecular complexity index is 763. The smallest absolute Gasteiger partial charge is 0.315 e. The van der Waals surface area contributed by atoms with Gasteiger partial charge >= 0.3 is 6.03 Å². The maximum Gasteiger partial charge on any atom is 0.315 e. The highest BCUT2D eigenvalue weighted by molar-refractivity contribution is 5.74. The molecular formula is C19H18N2O3. The first-order valence-corrected chi connectivity index (χ1v) is 7.75. The number of ether oxygens (including phenoxy) is 2. The zero-order valence-corrected chi connectivity index (χ0v) is 13.2. The molecule has 1 heterocycles. The first-order valence-electron chi connectivity index (χ1n) is 7.75. The largest absolute Gasteiger partial charge is 0.486 e. The van der Waals surface area contributed by atoms with E-state index in [1.807, 2.05) is 48.5 Å². The Morgan fingerprint density at radius 3 is 2.62 bits per heavy atom. The summed E-state index contributed by atoms with van der Waals surface area (Å²) in [5.41, 5.74) is 1.88. The maximum absolute atomic E-state index is 11.8. The normalized spacial score (nSPS) is 11.8. The average Bonchev–Trinajstić information content (AvgIpc) is 2.64. The molecule has 1 aliphatic heterocycles. The number of urea groups is 1. The van der Waals surface area contributed by atoms with Crippen LogP contribution in [0, 0.1) is 11.8 Å². The molecule has 3 rings (SSSR count). The molecule has 5 heteroatoms. The fourth-order valence-electron chi connectivity index (χ4n) is 2.23. The standard InChI is InChI=1S/C19H18N2O3/c22-19(20-10-4-7-15-5-2-1-3-6-15)21-14-16-8-9-17-18(13-16)24-12-11-23-17/h1-3,5-6,8-9,13H,10-12,14H2,(H2,20,21,22). The summed E-state index contributed by atoms with van der Waals surface area (Å²) in [5.74, 6) is 7.36. The molecule has 2 aromatic rings. The predicted octanol–water partition coefficient (Wildman–Crippen LogP) is 2.31. The molecule has 0 bridgehead atoms. The second kappa shape index (κ2) is 7.93. The van der Waals surface area contributed by atoms with E-state index in [1.54, 1.807) is 0 Å². The number of hydrogen-bond donors (Lipinski definition) is 2. The molecule has 24 heavy (non-hydrogen) atoms. The summed E-state index contributed by atoms with van der Waals surface area (Å²) < 4.78 is 11.0. The highest BCUT2D eigenvalue weighted by atomic mass is 16.6. The lowest BCUT2D eigenvalue weighted by molar-refractivity contribution is 0.171. The molecule has 2 N–H and O–H groups in total. The molecule has 0 saturated carbocycles. The monoisotopic (exact) mass is 322 g/mol. The number of rotatable bonds is 3. The van der Waals surface area contributed by atoms with Gasteiger partial charge in [-0.1, -0.05) is 36.1 Å². The van der Waals surface area contributed by atoms with Gasteiger partial charge in [-0.05, 0) is 29.8 Å². The third-order valence-corrected chi connectivity index (χ3v) is 3.40. The molecule has 2 amide bonds. The fraction of sp³-hybridized carbons (Fsp3) is 0.211. The topological polar surface area (TPSA) is 59.6 Å². The minimum Gasteiger partial charge on any atom is -0.486 e. The van der Waals surface area contributed by atoms with Crippen LogP contribution in [0.2, 0.25) is 0 Å². The molecule has 0 aromatic heterocycles. The van der Waals surface area contributed by atoms with Crippen molar-refractivity contribution in [3.63, 3.8) is 0 Å². The van der Waals surface area contributed by atoms with Crippen molar-refractivity contribution in [1.29, 1.82) is 0 Å². The number of amides is 2. The van der Waals surface area contributed by atoms with Gasteiger partial charge in [0.2, 0.25) is 0 Å². The zero-order valence-electron chi connectivity index (χ0n) is 13.2. The molecule has 0 aliphatic carbocycles. The average molecular weight is 322 g/mol. The zero-order chi connectivity index (χ0) is 16.6.